The minimum Gasteiger partial charge on any atom is -0.488 e. The van der Waals surface area contributed by atoms with Gasteiger partial charge in [0.15, 0.2) is 5.65 Å². The number of hydrogen-bond acceptors (Lipinski definition) is 7. The van der Waals surface area contributed by atoms with Crippen LogP contribution in [0.25, 0.3) is 27.9 Å². The topological polar surface area (TPSA) is 126 Å². The first-order chi connectivity index (χ1) is 16.1. The SMILES string of the molecule is CC(Cn1cnnn1)Oc1ccc(C(N)=O)c(-c2cnn3cccnc23)c1-c1ccccc1. The Morgan fingerprint density at radius 3 is 2.73 bits per heavy atom. The first kappa shape index (κ1) is 20.3. The zero-order valence-electron chi connectivity index (χ0n) is 17.7. The molecule has 10 nitrogen and oxygen atoms in total. The number of benzene rings is 2. The molecule has 1 unspecified atom stereocenters. The highest BCUT2D eigenvalue weighted by molar-refractivity contribution is 6.07. The smallest absolute Gasteiger partial charge is 0.249 e. The van der Waals surface area contributed by atoms with Crippen molar-refractivity contribution in [2.75, 3.05) is 0 Å². The standard InChI is InChI=1S/C23H20N8O2/c1-15(13-30-14-26-28-29-30)33-19-9-8-17(22(24)32)21(20(19)16-6-3-2-4-7-16)18-12-27-31-11-5-10-25-23(18)31/h2-12,14-15H,13H2,1H3,(H2,24,32). The predicted molar refractivity (Wildman–Crippen MR) is 120 cm³/mol. The van der Waals surface area contributed by atoms with Crippen molar-refractivity contribution < 1.29 is 9.53 Å². The van der Waals surface area contributed by atoms with E-state index >= 15 is 0 Å². The van der Waals surface area contributed by atoms with E-state index in [4.69, 9.17) is 10.5 Å². The van der Waals surface area contributed by atoms with Gasteiger partial charge in [-0.1, -0.05) is 30.3 Å². The zero-order valence-corrected chi connectivity index (χ0v) is 17.7. The van der Waals surface area contributed by atoms with Crippen molar-refractivity contribution in [3.8, 4) is 28.0 Å². The summed E-state index contributed by atoms with van der Waals surface area (Å²) < 4.78 is 9.60. The fourth-order valence-corrected chi connectivity index (χ4v) is 3.84. The van der Waals surface area contributed by atoms with Crippen molar-refractivity contribution >= 4 is 11.6 Å². The molecule has 0 radical (unpaired) electrons. The molecule has 5 rings (SSSR count). The van der Waals surface area contributed by atoms with E-state index < -0.39 is 5.91 Å². The average Bonchev–Trinajstić information content (AvgIpc) is 3.49. The van der Waals surface area contributed by atoms with Gasteiger partial charge in [0.05, 0.1) is 12.7 Å². The molecule has 0 spiro atoms. The summed E-state index contributed by atoms with van der Waals surface area (Å²) in [6.45, 7) is 2.38. The minimum atomic E-state index is -0.550. The Balaban J connectivity index is 1.72. The summed E-state index contributed by atoms with van der Waals surface area (Å²) in [6.07, 6.45) is 6.44. The van der Waals surface area contributed by atoms with Crippen molar-refractivity contribution in [1.29, 1.82) is 0 Å². The quantitative estimate of drug-likeness (QED) is 0.412. The van der Waals surface area contributed by atoms with Gasteiger partial charge in [-0.3, -0.25) is 4.79 Å². The number of amides is 1. The van der Waals surface area contributed by atoms with E-state index in [1.54, 1.807) is 46.0 Å². The third-order valence-electron chi connectivity index (χ3n) is 5.21. The maximum absolute atomic E-state index is 12.5. The Bertz CT molecular complexity index is 1410. The summed E-state index contributed by atoms with van der Waals surface area (Å²) in [6, 6.07) is 14.9. The highest BCUT2D eigenvalue weighted by Crippen LogP contribution is 2.43. The summed E-state index contributed by atoms with van der Waals surface area (Å²) in [5.41, 5.74) is 9.67. The summed E-state index contributed by atoms with van der Waals surface area (Å²) in [7, 11) is 0. The zero-order chi connectivity index (χ0) is 22.8. The Hall–Kier alpha value is -4.60. The van der Waals surface area contributed by atoms with Gasteiger partial charge in [-0.25, -0.2) is 14.2 Å². The highest BCUT2D eigenvalue weighted by atomic mass is 16.5. The van der Waals surface area contributed by atoms with Crippen LogP contribution in [-0.4, -0.2) is 46.8 Å². The molecule has 0 aliphatic rings. The van der Waals surface area contributed by atoms with Crippen LogP contribution in [0.2, 0.25) is 0 Å². The fraction of sp³-hybridized carbons (Fsp3) is 0.130. The molecule has 0 aliphatic heterocycles. The van der Waals surface area contributed by atoms with E-state index in [0.717, 1.165) is 11.1 Å². The molecule has 10 heteroatoms. The van der Waals surface area contributed by atoms with Gasteiger partial charge in [-0.2, -0.15) is 5.10 Å². The second-order valence-corrected chi connectivity index (χ2v) is 7.50. The monoisotopic (exact) mass is 440 g/mol. The molecule has 2 aromatic carbocycles. The maximum atomic E-state index is 12.5. The van der Waals surface area contributed by atoms with Crippen LogP contribution in [0, 0.1) is 0 Å². The Kier molecular flexibility index (Phi) is 5.23. The molecule has 5 aromatic rings. The average molecular weight is 440 g/mol. The number of aromatic nitrogens is 7. The van der Waals surface area contributed by atoms with E-state index in [2.05, 4.69) is 25.6 Å². The molecule has 0 saturated heterocycles. The molecule has 1 atom stereocenters. The van der Waals surface area contributed by atoms with Crippen LogP contribution >= 0.6 is 0 Å². The molecule has 0 aliphatic carbocycles. The van der Waals surface area contributed by atoms with E-state index in [9.17, 15) is 4.79 Å². The third kappa shape index (κ3) is 3.89. The summed E-state index contributed by atoms with van der Waals surface area (Å²) in [5, 5.41) is 15.6. The molecule has 33 heavy (non-hydrogen) atoms. The lowest BCUT2D eigenvalue weighted by Crippen LogP contribution is -2.21. The van der Waals surface area contributed by atoms with Crippen LogP contribution in [0.3, 0.4) is 0 Å². The lowest BCUT2D eigenvalue weighted by Gasteiger charge is -2.21. The van der Waals surface area contributed by atoms with E-state index in [1.165, 1.54) is 6.33 Å². The van der Waals surface area contributed by atoms with Crippen LogP contribution in [-0.2, 0) is 6.54 Å². The number of rotatable bonds is 7. The second-order valence-electron chi connectivity index (χ2n) is 7.50. The van der Waals surface area contributed by atoms with Gasteiger partial charge >= 0.3 is 0 Å². The van der Waals surface area contributed by atoms with E-state index in [-0.39, 0.29) is 6.10 Å². The minimum absolute atomic E-state index is 0.259. The third-order valence-corrected chi connectivity index (χ3v) is 5.21. The molecule has 0 saturated carbocycles. The van der Waals surface area contributed by atoms with Crippen molar-refractivity contribution in [1.82, 2.24) is 34.8 Å². The number of fused-ring (bicyclic) bond motifs is 1. The van der Waals surface area contributed by atoms with Crippen molar-refractivity contribution in [3.05, 3.63) is 79.0 Å². The molecular formula is C23H20N8O2. The predicted octanol–water partition coefficient (Wildman–Crippen LogP) is 2.62. The van der Waals surface area contributed by atoms with Crippen LogP contribution < -0.4 is 10.5 Å². The number of primary amides is 1. The van der Waals surface area contributed by atoms with Gasteiger partial charge in [0.2, 0.25) is 5.91 Å². The summed E-state index contributed by atoms with van der Waals surface area (Å²) in [5.74, 6) is 0.0443. The van der Waals surface area contributed by atoms with Crippen molar-refractivity contribution in [2.24, 2.45) is 5.73 Å². The molecule has 164 valence electrons. The number of ether oxygens (including phenoxy) is 1. The molecule has 3 aromatic heterocycles. The van der Waals surface area contributed by atoms with E-state index in [1.807, 2.05) is 37.3 Å². The number of nitrogens with zero attached hydrogens (tertiary/aromatic N) is 7. The lowest BCUT2D eigenvalue weighted by atomic mass is 9.90. The first-order valence-electron chi connectivity index (χ1n) is 10.3. The molecular weight excluding hydrogens is 420 g/mol. The van der Waals surface area contributed by atoms with Gasteiger partial charge in [0.25, 0.3) is 0 Å². The van der Waals surface area contributed by atoms with Gasteiger partial charge in [0.1, 0.15) is 18.2 Å². The number of hydrogen-bond donors (Lipinski definition) is 1. The lowest BCUT2D eigenvalue weighted by molar-refractivity contribution is 0.100. The Morgan fingerprint density at radius 2 is 1.97 bits per heavy atom. The fourth-order valence-electron chi connectivity index (χ4n) is 3.84. The number of carbonyl (C=O) groups is 1. The molecule has 3 heterocycles. The Morgan fingerprint density at radius 1 is 1.12 bits per heavy atom. The molecule has 2 N–H and O–H groups in total. The molecule has 0 bridgehead atoms. The normalized spacial score (nSPS) is 12.0. The van der Waals surface area contributed by atoms with Crippen LogP contribution in [0.1, 0.15) is 17.3 Å². The van der Waals surface area contributed by atoms with Crippen LogP contribution in [0.5, 0.6) is 5.75 Å². The van der Waals surface area contributed by atoms with Crippen LogP contribution in [0.4, 0.5) is 0 Å². The van der Waals surface area contributed by atoms with Crippen LogP contribution in [0.15, 0.2) is 73.4 Å². The van der Waals surface area contributed by atoms with Gasteiger partial charge < -0.3 is 10.5 Å². The summed E-state index contributed by atoms with van der Waals surface area (Å²) in [4.78, 5) is 17.0. The number of carbonyl (C=O) groups excluding carboxylic acids is 1. The first-order valence-corrected chi connectivity index (χ1v) is 10.3. The number of nitrogens with two attached hydrogens (primary N) is 1. The van der Waals surface area contributed by atoms with E-state index in [0.29, 0.717) is 34.6 Å². The van der Waals surface area contributed by atoms with Crippen molar-refractivity contribution in [3.63, 3.8) is 0 Å². The summed E-state index contributed by atoms with van der Waals surface area (Å²) >= 11 is 0. The molecule has 1 amide bonds. The highest BCUT2D eigenvalue weighted by Gasteiger charge is 2.24. The largest absolute Gasteiger partial charge is 0.488 e. The maximum Gasteiger partial charge on any atom is 0.249 e. The van der Waals surface area contributed by atoms with Gasteiger partial charge in [-0.05, 0) is 41.1 Å². The van der Waals surface area contributed by atoms with Crippen molar-refractivity contribution in [2.45, 2.75) is 19.6 Å². The second kappa shape index (κ2) is 8.50. The Labute approximate surface area is 188 Å². The number of tetrazole rings is 1. The van der Waals surface area contributed by atoms with Gasteiger partial charge in [-0.15, -0.1) is 5.10 Å². The molecule has 0 fully saturated rings. The van der Waals surface area contributed by atoms with Gasteiger partial charge in [0, 0.05) is 34.6 Å².